The summed E-state index contributed by atoms with van der Waals surface area (Å²) in [6.07, 6.45) is 1.59. The van der Waals surface area contributed by atoms with Crippen molar-refractivity contribution in [3.63, 3.8) is 0 Å². The number of carbonyl (C=O) groups excluding carboxylic acids is 1. The van der Waals surface area contributed by atoms with Crippen LogP contribution in [0, 0.1) is 0 Å². The number of carbonyl (C=O) groups is 1. The van der Waals surface area contributed by atoms with E-state index < -0.39 is 5.60 Å². The average Bonchev–Trinajstić information content (AvgIpc) is 2.45. The summed E-state index contributed by atoms with van der Waals surface area (Å²) in [5, 5.41) is 3.56. The van der Waals surface area contributed by atoms with Crippen LogP contribution in [0.25, 0.3) is 0 Å². The highest BCUT2D eigenvalue weighted by molar-refractivity contribution is 5.68. The number of nitrogens with zero attached hydrogens (tertiary/aromatic N) is 1. The SMILES string of the molecule is CCC(COC)NC(C)CC1COCCN1C(=O)OC(C)(C)C. The smallest absolute Gasteiger partial charge is 0.410 e. The van der Waals surface area contributed by atoms with E-state index in [1.807, 2.05) is 25.7 Å². The lowest BCUT2D eigenvalue weighted by atomic mass is 10.1. The molecular formula is C17H34N2O4. The second-order valence-electron chi connectivity index (χ2n) is 7.27. The Kier molecular flexibility index (Phi) is 8.29. The number of ether oxygens (including phenoxy) is 3. The van der Waals surface area contributed by atoms with Gasteiger partial charge in [-0.15, -0.1) is 0 Å². The monoisotopic (exact) mass is 330 g/mol. The molecule has 136 valence electrons. The molecular weight excluding hydrogens is 296 g/mol. The molecule has 0 spiro atoms. The zero-order valence-corrected chi connectivity index (χ0v) is 15.6. The molecule has 0 aliphatic carbocycles. The molecule has 6 heteroatoms. The Morgan fingerprint density at radius 1 is 1.43 bits per heavy atom. The maximum atomic E-state index is 12.4. The van der Waals surface area contributed by atoms with E-state index in [4.69, 9.17) is 14.2 Å². The van der Waals surface area contributed by atoms with Gasteiger partial charge in [-0.3, -0.25) is 0 Å². The number of methoxy groups -OCH3 is 1. The van der Waals surface area contributed by atoms with Crippen LogP contribution in [-0.2, 0) is 14.2 Å². The molecule has 1 fully saturated rings. The summed E-state index contributed by atoms with van der Waals surface area (Å²) in [5.74, 6) is 0. The van der Waals surface area contributed by atoms with Crippen molar-refractivity contribution in [1.82, 2.24) is 10.2 Å². The molecule has 1 aliphatic heterocycles. The van der Waals surface area contributed by atoms with E-state index in [2.05, 4.69) is 19.2 Å². The van der Waals surface area contributed by atoms with E-state index in [-0.39, 0.29) is 18.2 Å². The van der Waals surface area contributed by atoms with Crippen LogP contribution in [0.4, 0.5) is 4.79 Å². The minimum atomic E-state index is -0.477. The summed E-state index contributed by atoms with van der Waals surface area (Å²) < 4.78 is 16.3. The van der Waals surface area contributed by atoms with E-state index in [1.165, 1.54) is 0 Å². The minimum Gasteiger partial charge on any atom is -0.444 e. The Bertz CT molecular complexity index is 357. The Balaban J connectivity index is 2.58. The first-order chi connectivity index (χ1) is 10.8. The Morgan fingerprint density at radius 3 is 2.70 bits per heavy atom. The lowest BCUT2D eigenvalue weighted by Crippen LogP contribution is -2.53. The van der Waals surface area contributed by atoms with Crippen LogP contribution in [0.1, 0.15) is 47.5 Å². The maximum absolute atomic E-state index is 12.4. The molecule has 1 rings (SSSR count). The first-order valence-electron chi connectivity index (χ1n) is 8.59. The second-order valence-corrected chi connectivity index (χ2v) is 7.27. The van der Waals surface area contributed by atoms with Crippen molar-refractivity contribution in [2.75, 3.05) is 33.5 Å². The lowest BCUT2D eigenvalue weighted by molar-refractivity contribution is -0.0359. The van der Waals surface area contributed by atoms with Crippen LogP contribution in [-0.4, -0.2) is 68.2 Å². The molecule has 1 N–H and O–H groups in total. The zero-order valence-electron chi connectivity index (χ0n) is 15.6. The third kappa shape index (κ3) is 7.50. The predicted molar refractivity (Wildman–Crippen MR) is 90.7 cm³/mol. The Hall–Kier alpha value is -0.850. The third-order valence-electron chi connectivity index (χ3n) is 3.86. The summed E-state index contributed by atoms with van der Waals surface area (Å²) in [6.45, 7) is 12.4. The molecule has 0 aromatic carbocycles. The van der Waals surface area contributed by atoms with Gasteiger partial charge in [-0.1, -0.05) is 6.92 Å². The molecule has 1 saturated heterocycles. The van der Waals surface area contributed by atoms with Crippen molar-refractivity contribution in [2.24, 2.45) is 0 Å². The largest absolute Gasteiger partial charge is 0.444 e. The van der Waals surface area contributed by atoms with Gasteiger partial charge in [-0.2, -0.15) is 0 Å². The number of nitrogens with one attached hydrogen (secondary N) is 1. The molecule has 0 bridgehead atoms. The van der Waals surface area contributed by atoms with E-state index >= 15 is 0 Å². The van der Waals surface area contributed by atoms with Crippen LogP contribution in [0.2, 0.25) is 0 Å². The van der Waals surface area contributed by atoms with Crippen molar-refractivity contribution >= 4 is 6.09 Å². The summed E-state index contributed by atoms with van der Waals surface area (Å²) in [6, 6.07) is 0.641. The van der Waals surface area contributed by atoms with Gasteiger partial charge in [0.05, 0.1) is 25.9 Å². The normalized spacial score (nSPS) is 21.8. The van der Waals surface area contributed by atoms with Crippen LogP contribution < -0.4 is 5.32 Å². The van der Waals surface area contributed by atoms with Gasteiger partial charge < -0.3 is 24.4 Å². The van der Waals surface area contributed by atoms with Crippen molar-refractivity contribution in [2.45, 2.75) is 71.2 Å². The highest BCUT2D eigenvalue weighted by Crippen LogP contribution is 2.18. The van der Waals surface area contributed by atoms with Crippen molar-refractivity contribution in [3.05, 3.63) is 0 Å². The summed E-state index contributed by atoms with van der Waals surface area (Å²) in [7, 11) is 1.72. The number of rotatable bonds is 7. The second kappa shape index (κ2) is 9.45. The lowest BCUT2D eigenvalue weighted by Gasteiger charge is -2.38. The van der Waals surface area contributed by atoms with E-state index in [0.717, 1.165) is 12.8 Å². The Morgan fingerprint density at radius 2 is 2.13 bits per heavy atom. The summed E-state index contributed by atoms with van der Waals surface area (Å²) in [4.78, 5) is 14.2. The maximum Gasteiger partial charge on any atom is 0.410 e. The molecule has 0 aromatic rings. The zero-order chi connectivity index (χ0) is 17.5. The van der Waals surface area contributed by atoms with E-state index in [9.17, 15) is 4.79 Å². The molecule has 3 atom stereocenters. The molecule has 1 aliphatic rings. The summed E-state index contributed by atoms with van der Waals surface area (Å²) >= 11 is 0. The van der Waals surface area contributed by atoms with Gasteiger partial charge in [-0.05, 0) is 40.5 Å². The van der Waals surface area contributed by atoms with Crippen LogP contribution >= 0.6 is 0 Å². The van der Waals surface area contributed by atoms with Crippen molar-refractivity contribution in [1.29, 1.82) is 0 Å². The average molecular weight is 330 g/mol. The molecule has 3 unspecified atom stereocenters. The van der Waals surface area contributed by atoms with Crippen LogP contribution in [0.3, 0.4) is 0 Å². The number of morpholine rings is 1. The molecule has 1 amide bonds. The molecule has 1 heterocycles. The van der Waals surface area contributed by atoms with Gasteiger partial charge in [0.1, 0.15) is 5.60 Å². The van der Waals surface area contributed by atoms with Crippen LogP contribution in [0.15, 0.2) is 0 Å². The first-order valence-corrected chi connectivity index (χ1v) is 8.59. The molecule has 0 saturated carbocycles. The van der Waals surface area contributed by atoms with Crippen LogP contribution in [0.5, 0.6) is 0 Å². The van der Waals surface area contributed by atoms with Gasteiger partial charge in [0.25, 0.3) is 0 Å². The minimum absolute atomic E-state index is 0.0427. The highest BCUT2D eigenvalue weighted by atomic mass is 16.6. The van der Waals surface area contributed by atoms with Gasteiger partial charge in [0.15, 0.2) is 0 Å². The number of amides is 1. The van der Waals surface area contributed by atoms with E-state index in [0.29, 0.717) is 32.4 Å². The summed E-state index contributed by atoms with van der Waals surface area (Å²) in [5.41, 5.74) is -0.477. The fraction of sp³-hybridized carbons (Fsp3) is 0.941. The van der Waals surface area contributed by atoms with Crippen molar-refractivity contribution < 1.29 is 19.0 Å². The predicted octanol–water partition coefficient (Wildman–Crippen LogP) is 2.42. The van der Waals surface area contributed by atoms with Gasteiger partial charge >= 0.3 is 6.09 Å². The molecule has 0 aromatic heterocycles. The number of hydrogen-bond donors (Lipinski definition) is 1. The third-order valence-corrected chi connectivity index (χ3v) is 3.86. The van der Waals surface area contributed by atoms with Gasteiger partial charge in [-0.25, -0.2) is 4.79 Å². The molecule has 0 radical (unpaired) electrons. The fourth-order valence-corrected chi connectivity index (χ4v) is 2.77. The number of hydrogen-bond acceptors (Lipinski definition) is 5. The standard InChI is InChI=1S/C17H34N2O4/c1-7-14(11-21-6)18-13(2)10-15-12-22-9-8-19(15)16(20)23-17(3,4)5/h13-15,18H,7-12H2,1-6H3. The topological polar surface area (TPSA) is 60.0 Å². The fourth-order valence-electron chi connectivity index (χ4n) is 2.77. The van der Waals surface area contributed by atoms with Gasteiger partial charge in [0.2, 0.25) is 0 Å². The molecule has 6 nitrogen and oxygen atoms in total. The Labute approximate surface area is 140 Å². The highest BCUT2D eigenvalue weighted by Gasteiger charge is 2.32. The van der Waals surface area contributed by atoms with Crippen molar-refractivity contribution in [3.8, 4) is 0 Å². The molecule has 23 heavy (non-hydrogen) atoms. The first kappa shape index (κ1) is 20.2. The van der Waals surface area contributed by atoms with Gasteiger partial charge in [0, 0.05) is 25.7 Å². The van der Waals surface area contributed by atoms with E-state index in [1.54, 1.807) is 7.11 Å². The quantitative estimate of drug-likeness (QED) is 0.777.